The van der Waals surface area contributed by atoms with E-state index in [1.54, 1.807) is 17.5 Å². The third kappa shape index (κ3) is 2.21. The molecule has 1 aliphatic carbocycles. The van der Waals surface area contributed by atoms with E-state index in [1.807, 2.05) is 19.1 Å². The Hall–Kier alpha value is -1.19. The molecule has 0 saturated heterocycles. The maximum absolute atomic E-state index is 12.3. The zero-order chi connectivity index (χ0) is 13.6. The van der Waals surface area contributed by atoms with E-state index in [1.165, 1.54) is 10.4 Å². The summed E-state index contributed by atoms with van der Waals surface area (Å²) in [7, 11) is 0. The number of hydrogen-bond acceptors (Lipinski definition) is 3. The van der Waals surface area contributed by atoms with Gasteiger partial charge in [-0.3, -0.25) is 9.78 Å². The fourth-order valence-electron chi connectivity index (χ4n) is 2.83. The first-order valence-electron chi connectivity index (χ1n) is 6.29. The molecule has 2 heterocycles. The first-order chi connectivity index (χ1) is 9.06. The molecular weight excluding hydrogens is 278 g/mol. The molecule has 98 valence electrons. The van der Waals surface area contributed by atoms with E-state index < -0.39 is 0 Å². The summed E-state index contributed by atoms with van der Waals surface area (Å²) in [4.78, 5) is 18.0. The van der Waals surface area contributed by atoms with Crippen LogP contribution < -0.4 is 0 Å². The highest BCUT2D eigenvalue weighted by atomic mass is 35.5. The highest BCUT2D eigenvalue weighted by Gasteiger charge is 2.30. The van der Waals surface area contributed by atoms with Crippen molar-refractivity contribution < 1.29 is 4.79 Å². The van der Waals surface area contributed by atoms with E-state index in [0.717, 1.165) is 27.6 Å². The minimum absolute atomic E-state index is 0.209. The number of fused-ring (bicyclic) bond motifs is 1. The van der Waals surface area contributed by atoms with Crippen LogP contribution in [0.15, 0.2) is 18.3 Å². The Bertz CT molecular complexity index is 662. The van der Waals surface area contributed by atoms with Crippen molar-refractivity contribution in [1.29, 1.82) is 0 Å². The van der Waals surface area contributed by atoms with Crippen molar-refractivity contribution in [2.75, 3.05) is 0 Å². The molecule has 3 rings (SSSR count). The molecule has 0 fully saturated rings. The number of aryl methyl sites for hydroxylation is 2. The largest absolute Gasteiger partial charge is 0.294 e. The lowest BCUT2D eigenvalue weighted by Crippen LogP contribution is -2.21. The van der Waals surface area contributed by atoms with Gasteiger partial charge in [-0.2, -0.15) is 0 Å². The van der Waals surface area contributed by atoms with Crippen molar-refractivity contribution in [2.45, 2.75) is 32.6 Å². The molecule has 2 aromatic rings. The van der Waals surface area contributed by atoms with Crippen LogP contribution in [0.25, 0.3) is 0 Å². The minimum atomic E-state index is 0.209. The predicted molar refractivity (Wildman–Crippen MR) is 78.4 cm³/mol. The highest BCUT2D eigenvalue weighted by Crippen LogP contribution is 2.39. The third-order valence-corrected chi connectivity index (χ3v) is 5.21. The lowest BCUT2D eigenvalue weighted by Gasteiger charge is -2.23. The lowest BCUT2D eigenvalue weighted by molar-refractivity contribution is 0.0963. The summed E-state index contributed by atoms with van der Waals surface area (Å²) in [5.41, 5.74) is 3.99. The van der Waals surface area contributed by atoms with Gasteiger partial charge < -0.3 is 0 Å². The lowest BCUT2D eigenvalue weighted by atomic mass is 9.82. The molecule has 0 radical (unpaired) electrons. The molecule has 0 aromatic carbocycles. The van der Waals surface area contributed by atoms with Crippen LogP contribution in [-0.4, -0.2) is 10.8 Å². The molecule has 2 nitrogen and oxygen atoms in total. The number of nitrogens with zero attached hydrogens (tertiary/aromatic N) is 1. The van der Waals surface area contributed by atoms with Gasteiger partial charge in [0.2, 0.25) is 0 Å². The van der Waals surface area contributed by atoms with E-state index in [-0.39, 0.29) is 11.7 Å². The van der Waals surface area contributed by atoms with Gasteiger partial charge in [0.1, 0.15) is 0 Å². The summed E-state index contributed by atoms with van der Waals surface area (Å²) < 4.78 is 0.794. The van der Waals surface area contributed by atoms with Crippen LogP contribution in [0.3, 0.4) is 0 Å². The maximum Gasteiger partial charge on any atom is 0.165 e. The van der Waals surface area contributed by atoms with Crippen molar-refractivity contribution >= 4 is 28.7 Å². The Labute approximate surface area is 121 Å². The van der Waals surface area contributed by atoms with Crippen LogP contribution in [0.1, 0.15) is 44.4 Å². The molecule has 0 saturated carbocycles. The van der Waals surface area contributed by atoms with Crippen LogP contribution in [0, 0.1) is 13.8 Å². The minimum Gasteiger partial charge on any atom is -0.294 e. The number of thiophene rings is 1. The summed E-state index contributed by atoms with van der Waals surface area (Å²) in [5.74, 6) is 0.438. The first-order valence-corrected chi connectivity index (χ1v) is 7.49. The zero-order valence-corrected chi connectivity index (χ0v) is 12.4. The number of rotatable bonds is 1. The first kappa shape index (κ1) is 12.8. The second-order valence-electron chi connectivity index (χ2n) is 5.08. The van der Waals surface area contributed by atoms with Crippen LogP contribution in [0.4, 0.5) is 0 Å². The summed E-state index contributed by atoms with van der Waals surface area (Å²) in [6.07, 6.45) is 3.19. The Morgan fingerprint density at radius 3 is 2.79 bits per heavy atom. The average Bonchev–Trinajstić information content (AvgIpc) is 2.68. The van der Waals surface area contributed by atoms with Gasteiger partial charge in [0, 0.05) is 29.0 Å². The van der Waals surface area contributed by atoms with Gasteiger partial charge in [-0.25, -0.2) is 0 Å². The van der Waals surface area contributed by atoms with Crippen LogP contribution >= 0.6 is 22.9 Å². The number of Topliss-reactive ketones (excluding diaryl/α,β-unsaturated/α-hetero) is 1. The zero-order valence-electron chi connectivity index (χ0n) is 10.9. The van der Waals surface area contributed by atoms with Gasteiger partial charge >= 0.3 is 0 Å². The number of pyridine rings is 1. The molecule has 2 aromatic heterocycles. The topological polar surface area (TPSA) is 30.0 Å². The number of halogens is 1. The second-order valence-corrected chi connectivity index (χ2v) is 6.79. The van der Waals surface area contributed by atoms with Crippen molar-refractivity contribution in [1.82, 2.24) is 4.98 Å². The fourth-order valence-corrected chi connectivity index (χ4v) is 4.24. The van der Waals surface area contributed by atoms with Gasteiger partial charge in [-0.15, -0.1) is 11.3 Å². The molecule has 1 unspecified atom stereocenters. The van der Waals surface area contributed by atoms with Crippen molar-refractivity contribution in [3.05, 3.63) is 49.9 Å². The molecule has 1 atom stereocenters. The van der Waals surface area contributed by atoms with E-state index in [0.29, 0.717) is 6.42 Å². The maximum atomic E-state index is 12.3. The SMILES string of the molecule is Cc1cc(Cl)sc1C1CC(=O)c2c(C)ccnc2C1. The summed E-state index contributed by atoms with van der Waals surface area (Å²) >= 11 is 7.65. The Morgan fingerprint density at radius 2 is 2.11 bits per heavy atom. The monoisotopic (exact) mass is 291 g/mol. The van der Waals surface area contributed by atoms with Gasteiger partial charge in [0.15, 0.2) is 5.78 Å². The summed E-state index contributed by atoms with van der Waals surface area (Å²) in [5, 5.41) is 0. The normalized spacial score (nSPS) is 18.5. The molecule has 0 amide bonds. The van der Waals surface area contributed by atoms with Crippen LogP contribution in [0.2, 0.25) is 4.34 Å². The number of ketones is 1. The van der Waals surface area contributed by atoms with Crippen molar-refractivity contribution in [3.8, 4) is 0 Å². The van der Waals surface area contributed by atoms with Crippen molar-refractivity contribution in [3.63, 3.8) is 0 Å². The number of carbonyl (C=O) groups excluding carboxylic acids is 1. The van der Waals surface area contributed by atoms with Crippen molar-refractivity contribution in [2.24, 2.45) is 0 Å². The van der Waals surface area contributed by atoms with E-state index in [4.69, 9.17) is 11.6 Å². The third-order valence-electron chi connectivity index (χ3n) is 3.69. The van der Waals surface area contributed by atoms with Gasteiger partial charge in [0.05, 0.1) is 10.0 Å². The van der Waals surface area contributed by atoms with E-state index in [9.17, 15) is 4.79 Å². The second kappa shape index (κ2) is 4.73. The van der Waals surface area contributed by atoms with E-state index in [2.05, 4.69) is 11.9 Å². The molecule has 0 spiro atoms. The molecule has 1 aliphatic rings. The molecule has 0 aliphatic heterocycles. The molecule has 0 bridgehead atoms. The smallest absolute Gasteiger partial charge is 0.165 e. The predicted octanol–water partition coefficient (Wildman–Crippen LogP) is 4.33. The molecule has 19 heavy (non-hydrogen) atoms. The Balaban J connectivity index is 2.02. The highest BCUT2D eigenvalue weighted by molar-refractivity contribution is 7.16. The van der Waals surface area contributed by atoms with Crippen LogP contribution in [-0.2, 0) is 6.42 Å². The molecule has 4 heteroatoms. The van der Waals surface area contributed by atoms with Gasteiger partial charge in [0.25, 0.3) is 0 Å². The fraction of sp³-hybridized carbons (Fsp3) is 0.333. The van der Waals surface area contributed by atoms with E-state index >= 15 is 0 Å². The standard InChI is InChI=1S/C15H14ClNOS/c1-8-3-4-17-11-6-10(7-12(18)14(8)11)15-9(2)5-13(16)19-15/h3-5,10H,6-7H2,1-2H3. The van der Waals surface area contributed by atoms with Crippen LogP contribution in [0.5, 0.6) is 0 Å². The number of hydrogen-bond donors (Lipinski definition) is 0. The van der Waals surface area contributed by atoms with Gasteiger partial charge in [-0.05, 0) is 43.5 Å². The Morgan fingerprint density at radius 1 is 1.32 bits per heavy atom. The molecule has 0 N–H and O–H groups in total. The Kier molecular flexibility index (Phi) is 3.19. The quantitative estimate of drug-likeness (QED) is 0.783. The number of carbonyl (C=O) groups is 1. The number of aromatic nitrogens is 1. The van der Waals surface area contributed by atoms with Gasteiger partial charge in [-0.1, -0.05) is 11.6 Å². The summed E-state index contributed by atoms with van der Waals surface area (Å²) in [6.45, 7) is 4.04. The molecular formula is C15H14ClNOS. The average molecular weight is 292 g/mol. The summed E-state index contributed by atoms with van der Waals surface area (Å²) in [6, 6.07) is 3.88.